The summed E-state index contributed by atoms with van der Waals surface area (Å²) in [7, 11) is 0. The van der Waals surface area contributed by atoms with Gasteiger partial charge in [0.05, 0.1) is 18.4 Å². The van der Waals surface area contributed by atoms with Crippen LogP contribution in [0.15, 0.2) is 36.4 Å². The number of imidazole rings is 1. The van der Waals surface area contributed by atoms with E-state index in [1.54, 1.807) is 24.8 Å². The van der Waals surface area contributed by atoms with Crippen LogP contribution in [0.2, 0.25) is 0 Å². The lowest BCUT2D eigenvalue weighted by Gasteiger charge is -2.05. The Morgan fingerprint density at radius 1 is 1.30 bits per heavy atom. The van der Waals surface area contributed by atoms with E-state index in [-0.39, 0.29) is 5.91 Å². The van der Waals surface area contributed by atoms with Gasteiger partial charge in [0.1, 0.15) is 16.5 Å². The molecule has 0 saturated heterocycles. The van der Waals surface area contributed by atoms with E-state index in [0.717, 1.165) is 22.2 Å². The largest absolute Gasteiger partial charge is 0.350 e. The van der Waals surface area contributed by atoms with E-state index in [0.29, 0.717) is 19.5 Å². The van der Waals surface area contributed by atoms with Gasteiger partial charge in [0, 0.05) is 43.1 Å². The summed E-state index contributed by atoms with van der Waals surface area (Å²) in [6.07, 6.45) is 8.95. The second-order valence-electron chi connectivity index (χ2n) is 4.93. The fraction of sp³-hybridized carbons (Fsp3) is 0.267. The maximum Gasteiger partial charge on any atom is 0.222 e. The summed E-state index contributed by atoms with van der Waals surface area (Å²) in [4.78, 5) is 28.7. The van der Waals surface area contributed by atoms with Crippen molar-refractivity contribution in [3.8, 4) is 10.7 Å². The van der Waals surface area contributed by atoms with Crippen LogP contribution < -0.4 is 5.32 Å². The molecule has 8 heteroatoms. The maximum atomic E-state index is 11.9. The molecule has 0 spiro atoms. The quantitative estimate of drug-likeness (QED) is 0.746. The van der Waals surface area contributed by atoms with E-state index in [9.17, 15) is 4.79 Å². The fourth-order valence-corrected chi connectivity index (χ4v) is 2.83. The molecule has 118 valence electrons. The van der Waals surface area contributed by atoms with Gasteiger partial charge in [0.15, 0.2) is 0 Å². The molecule has 0 aromatic carbocycles. The fourth-order valence-electron chi connectivity index (χ4n) is 2.05. The zero-order chi connectivity index (χ0) is 16.1. The predicted octanol–water partition coefficient (Wildman–Crippen LogP) is 1.81. The second kappa shape index (κ2) is 7.10. The standard InChI is InChI=1S/C15H16N6OS/c1-11-17-5-7-21(11)6-2-14(22)19-8-12-10-23-15(20-12)13-9-16-3-4-18-13/h3-5,7,9-10H,2,6,8H2,1H3,(H,19,22). The Bertz CT molecular complexity index is 782. The van der Waals surface area contributed by atoms with Crippen molar-refractivity contribution in [1.29, 1.82) is 0 Å². The van der Waals surface area contributed by atoms with Crippen molar-refractivity contribution < 1.29 is 4.79 Å². The number of nitrogens with one attached hydrogen (secondary N) is 1. The number of nitrogens with zero attached hydrogens (tertiary/aromatic N) is 5. The normalized spacial score (nSPS) is 10.7. The third kappa shape index (κ3) is 3.98. The van der Waals surface area contributed by atoms with E-state index >= 15 is 0 Å². The van der Waals surface area contributed by atoms with Gasteiger partial charge in [0.25, 0.3) is 0 Å². The average Bonchev–Trinajstić information content (AvgIpc) is 3.21. The third-order valence-electron chi connectivity index (χ3n) is 3.30. The lowest BCUT2D eigenvalue weighted by Crippen LogP contribution is -2.24. The van der Waals surface area contributed by atoms with E-state index < -0.39 is 0 Å². The van der Waals surface area contributed by atoms with Gasteiger partial charge in [-0.15, -0.1) is 11.3 Å². The van der Waals surface area contributed by atoms with Gasteiger partial charge in [-0.3, -0.25) is 14.8 Å². The SMILES string of the molecule is Cc1nccn1CCC(=O)NCc1csc(-c2cnccn2)n1. The van der Waals surface area contributed by atoms with Crippen LogP contribution >= 0.6 is 11.3 Å². The molecule has 1 N–H and O–H groups in total. The third-order valence-corrected chi connectivity index (χ3v) is 4.22. The molecular weight excluding hydrogens is 312 g/mol. The number of aromatic nitrogens is 5. The zero-order valence-corrected chi connectivity index (χ0v) is 13.5. The first kappa shape index (κ1) is 15.3. The van der Waals surface area contributed by atoms with Gasteiger partial charge >= 0.3 is 0 Å². The second-order valence-corrected chi connectivity index (χ2v) is 5.79. The number of hydrogen-bond donors (Lipinski definition) is 1. The summed E-state index contributed by atoms with van der Waals surface area (Å²) in [5, 5.41) is 5.60. The van der Waals surface area contributed by atoms with Crippen molar-refractivity contribution in [2.24, 2.45) is 0 Å². The highest BCUT2D eigenvalue weighted by molar-refractivity contribution is 7.13. The van der Waals surface area contributed by atoms with Gasteiger partial charge in [-0.2, -0.15) is 0 Å². The Balaban J connectivity index is 1.50. The summed E-state index contributed by atoms with van der Waals surface area (Å²) in [5.74, 6) is 0.901. The number of aryl methyl sites for hydroxylation is 2. The summed E-state index contributed by atoms with van der Waals surface area (Å²) < 4.78 is 1.95. The minimum atomic E-state index is -0.00727. The van der Waals surface area contributed by atoms with Crippen molar-refractivity contribution in [3.05, 3.63) is 47.9 Å². The smallest absolute Gasteiger partial charge is 0.222 e. The van der Waals surface area contributed by atoms with Crippen molar-refractivity contribution in [1.82, 2.24) is 29.8 Å². The van der Waals surface area contributed by atoms with Gasteiger partial charge in [0.2, 0.25) is 5.91 Å². The highest BCUT2D eigenvalue weighted by Gasteiger charge is 2.08. The molecule has 23 heavy (non-hydrogen) atoms. The van der Waals surface area contributed by atoms with E-state index in [4.69, 9.17) is 0 Å². The molecule has 0 bridgehead atoms. The molecule has 3 aromatic rings. The number of thiazole rings is 1. The van der Waals surface area contributed by atoms with Crippen LogP contribution in [-0.4, -0.2) is 30.4 Å². The lowest BCUT2D eigenvalue weighted by atomic mass is 10.3. The molecule has 0 saturated carbocycles. The molecule has 0 radical (unpaired) electrons. The van der Waals surface area contributed by atoms with E-state index in [2.05, 4.69) is 25.3 Å². The molecule has 0 atom stereocenters. The molecule has 3 heterocycles. The Hall–Kier alpha value is -2.61. The number of hydrogen-bond acceptors (Lipinski definition) is 6. The lowest BCUT2D eigenvalue weighted by molar-refractivity contribution is -0.121. The molecule has 3 aromatic heterocycles. The minimum Gasteiger partial charge on any atom is -0.350 e. The molecule has 7 nitrogen and oxygen atoms in total. The topological polar surface area (TPSA) is 85.6 Å². The zero-order valence-electron chi connectivity index (χ0n) is 12.6. The van der Waals surface area contributed by atoms with Gasteiger partial charge in [-0.25, -0.2) is 9.97 Å². The van der Waals surface area contributed by atoms with Crippen LogP contribution in [0.1, 0.15) is 17.9 Å². The number of carbonyl (C=O) groups excluding carboxylic acids is 1. The first-order valence-corrected chi connectivity index (χ1v) is 8.05. The Kier molecular flexibility index (Phi) is 4.72. The van der Waals surface area contributed by atoms with Crippen LogP contribution in [-0.2, 0) is 17.9 Å². The molecule has 0 aliphatic rings. The number of rotatable bonds is 6. The first-order valence-electron chi connectivity index (χ1n) is 7.17. The van der Waals surface area contributed by atoms with Gasteiger partial charge < -0.3 is 9.88 Å². The molecule has 0 unspecified atom stereocenters. The molecule has 1 amide bonds. The highest BCUT2D eigenvalue weighted by atomic mass is 32.1. The Labute approximate surface area is 137 Å². The summed E-state index contributed by atoms with van der Waals surface area (Å²) in [5.41, 5.74) is 1.56. The van der Waals surface area contributed by atoms with Crippen LogP contribution in [0, 0.1) is 6.92 Å². The monoisotopic (exact) mass is 328 g/mol. The van der Waals surface area contributed by atoms with Crippen molar-refractivity contribution in [3.63, 3.8) is 0 Å². The predicted molar refractivity (Wildman–Crippen MR) is 86.6 cm³/mol. The van der Waals surface area contributed by atoms with Gasteiger partial charge in [-0.05, 0) is 6.92 Å². The Morgan fingerprint density at radius 2 is 2.22 bits per heavy atom. The minimum absolute atomic E-state index is 0.00727. The maximum absolute atomic E-state index is 11.9. The van der Waals surface area contributed by atoms with E-state index in [1.807, 2.05) is 23.1 Å². The summed E-state index contributed by atoms with van der Waals surface area (Å²) >= 11 is 1.49. The average molecular weight is 328 g/mol. The Morgan fingerprint density at radius 3 is 2.96 bits per heavy atom. The van der Waals surface area contributed by atoms with Crippen molar-refractivity contribution in [2.75, 3.05) is 0 Å². The summed E-state index contributed by atoms with van der Waals surface area (Å²) in [6.45, 7) is 2.96. The van der Waals surface area contributed by atoms with Crippen molar-refractivity contribution >= 4 is 17.2 Å². The number of carbonyl (C=O) groups is 1. The van der Waals surface area contributed by atoms with Crippen LogP contribution in [0.5, 0.6) is 0 Å². The molecular formula is C15H16N6OS. The molecule has 0 aliphatic heterocycles. The van der Waals surface area contributed by atoms with Crippen LogP contribution in [0.25, 0.3) is 10.7 Å². The summed E-state index contributed by atoms with van der Waals surface area (Å²) in [6, 6.07) is 0. The van der Waals surface area contributed by atoms with Crippen molar-refractivity contribution in [2.45, 2.75) is 26.4 Å². The van der Waals surface area contributed by atoms with Gasteiger partial charge in [-0.1, -0.05) is 0 Å². The molecule has 0 fully saturated rings. The molecule has 3 rings (SSSR count). The molecule has 0 aliphatic carbocycles. The first-order chi connectivity index (χ1) is 11.2. The van der Waals surface area contributed by atoms with Crippen LogP contribution in [0.4, 0.5) is 0 Å². The van der Waals surface area contributed by atoms with Crippen LogP contribution in [0.3, 0.4) is 0 Å². The van der Waals surface area contributed by atoms with E-state index in [1.165, 1.54) is 11.3 Å². The highest BCUT2D eigenvalue weighted by Crippen LogP contribution is 2.20. The number of amides is 1.